The lowest BCUT2D eigenvalue weighted by Gasteiger charge is -2.27. The zero-order valence-corrected chi connectivity index (χ0v) is 16.8. The maximum Gasteiger partial charge on any atom is 0.162 e. The lowest BCUT2D eigenvalue weighted by Crippen LogP contribution is -2.15. The topological polar surface area (TPSA) is 0 Å². The maximum absolute atomic E-state index is 14.7. The van der Waals surface area contributed by atoms with Crippen LogP contribution in [0.15, 0.2) is 54.4 Å². The van der Waals surface area contributed by atoms with Gasteiger partial charge in [-0.25, -0.2) is 8.78 Å². The lowest BCUT2D eigenvalue weighted by atomic mass is 9.79. The first-order chi connectivity index (χ1) is 13.6. The summed E-state index contributed by atoms with van der Waals surface area (Å²) in [6.45, 7) is 4.22. The Bertz CT molecular complexity index is 855. The van der Waals surface area contributed by atoms with Crippen molar-refractivity contribution < 1.29 is 8.78 Å². The molecule has 1 saturated carbocycles. The normalized spacial score (nSPS) is 20.1. The molecule has 0 spiro atoms. The molecule has 0 aromatic heterocycles. The number of aryl methyl sites for hydroxylation is 1. The number of hydrogen-bond donors (Lipinski definition) is 0. The number of hydrogen-bond acceptors (Lipinski definition) is 0. The van der Waals surface area contributed by atoms with Gasteiger partial charge < -0.3 is 0 Å². The first-order valence-electron chi connectivity index (χ1n) is 10.3. The predicted octanol–water partition coefficient (Wildman–Crippen LogP) is 7.61. The van der Waals surface area contributed by atoms with Gasteiger partial charge in [0.2, 0.25) is 0 Å². The Balaban J connectivity index is 1.67. The first-order valence-corrected chi connectivity index (χ1v) is 10.3. The third-order valence-corrected chi connectivity index (χ3v) is 5.65. The SMILES string of the molecule is CCC[C@H]1CC[C@H](/C(F)=C(\F)c2ccc(C#Cc3ccc(C)cc3)cc2)CC1. The molecule has 2 aromatic rings. The van der Waals surface area contributed by atoms with E-state index in [1.807, 2.05) is 31.2 Å². The van der Waals surface area contributed by atoms with E-state index in [1.54, 1.807) is 24.3 Å². The van der Waals surface area contributed by atoms with E-state index in [2.05, 4.69) is 18.8 Å². The van der Waals surface area contributed by atoms with E-state index >= 15 is 0 Å². The van der Waals surface area contributed by atoms with Crippen LogP contribution in [0.1, 0.15) is 67.7 Å². The summed E-state index contributed by atoms with van der Waals surface area (Å²) in [5, 5.41) is 0. The second kappa shape index (κ2) is 9.69. The molecule has 0 aliphatic heterocycles. The Morgan fingerprint density at radius 1 is 0.857 bits per heavy atom. The highest BCUT2D eigenvalue weighted by atomic mass is 19.2. The third-order valence-electron chi connectivity index (χ3n) is 5.65. The summed E-state index contributed by atoms with van der Waals surface area (Å²) in [5.74, 6) is 5.30. The summed E-state index contributed by atoms with van der Waals surface area (Å²) < 4.78 is 29.3. The van der Waals surface area contributed by atoms with E-state index in [4.69, 9.17) is 0 Å². The monoisotopic (exact) mass is 378 g/mol. The summed E-state index contributed by atoms with van der Waals surface area (Å²) in [6.07, 6.45) is 5.89. The minimum absolute atomic E-state index is 0.269. The molecule has 0 bridgehead atoms. The van der Waals surface area contributed by atoms with E-state index < -0.39 is 11.7 Å². The smallest absolute Gasteiger partial charge is 0.162 e. The van der Waals surface area contributed by atoms with Crippen LogP contribution in [0.4, 0.5) is 8.78 Å². The molecule has 0 N–H and O–H groups in total. The molecule has 0 amide bonds. The highest BCUT2D eigenvalue weighted by Gasteiger charge is 2.26. The van der Waals surface area contributed by atoms with Gasteiger partial charge in [-0.15, -0.1) is 0 Å². The Hall–Kier alpha value is -2.40. The summed E-state index contributed by atoms with van der Waals surface area (Å²) in [6, 6.07) is 14.7. The fraction of sp³-hybridized carbons (Fsp3) is 0.385. The van der Waals surface area contributed by atoms with E-state index in [-0.39, 0.29) is 5.92 Å². The average Bonchev–Trinajstić information content (AvgIpc) is 2.73. The fourth-order valence-corrected chi connectivity index (χ4v) is 3.91. The number of allylic oxidation sites excluding steroid dienone is 1. The van der Waals surface area contributed by atoms with Gasteiger partial charge in [0, 0.05) is 22.6 Å². The van der Waals surface area contributed by atoms with Crippen molar-refractivity contribution in [1.29, 1.82) is 0 Å². The van der Waals surface area contributed by atoms with Gasteiger partial charge in [-0.3, -0.25) is 0 Å². The second-order valence-corrected chi connectivity index (χ2v) is 7.86. The van der Waals surface area contributed by atoms with Crippen molar-refractivity contribution in [3.63, 3.8) is 0 Å². The minimum atomic E-state index is -0.711. The molecule has 1 fully saturated rings. The lowest BCUT2D eigenvalue weighted by molar-refractivity contribution is 0.261. The number of halogens is 2. The van der Waals surface area contributed by atoms with E-state index in [1.165, 1.54) is 18.4 Å². The summed E-state index contributed by atoms with van der Waals surface area (Å²) in [7, 11) is 0. The predicted molar refractivity (Wildman–Crippen MR) is 113 cm³/mol. The summed E-state index contributed by atoms with van der Waals surface area (Å²) in [4.78, 5) is 0. The van der Waals surface area contributed by atoms with E-state index in [0.717, 1.165) is 36.8 Å². The largest absolute Gasteiger partial charge is 0.208 e. The van der Waals surface area contributed by atoms with E-state index in [9.17, 15) is 8.78 Å². The zero-order chi connectivity index (χ0) is 19.9. The van der Waals surface area contributed by atoms with Crippen LogP contribution in [0.25, 0.3) is 5.83 Å². The van der Waals surface area contributed by atoms with Crippen LogP contribution >= 0.6 is 0 Å². The second-order valence-electron chi connectivity index (χ2n) is 7.86. The van der Waals surface area contributed by atoms with Crippen LogP contribution in [0.3, 0.4) is 0 Å². The molecular weight excluding hydrogens is 350 g/mol. The summed E-state index contributed by atoms with van der Waals surface area (Å²) in [5.41, 5.74) is 3.22. The van der Waals surface area contributed by atoms with Crippen molar-refractivity contribution in [2.75, 3.05) is 0 Å². The number of benzene rings is 2. The summed E-state index contributed by atoms with van der Waals surface area (Å²) >= 11 is 0. The zero-order valence-electron chi connectivity index (χ0n) is 16.8. The molecule has 0 nitrogen and oxygen atoms in total. The van der Waals surface area contributed by atoms with Crippen LogP contribution in [0.2, 0.25) is 0 Å². The molecule has 3 rings (SSSR count). The highest BCUT2D eigenvalue weighted by molar-refractivity contribution is 5.62. The van der Waals surface area contributed by atoms with Gasteiger partial charge in [-0.05, 0) is 62.8 Å². The van der Waals surface area contributed by atoms with Crippen LogP contribution in [0, 0.1) is 30.6 Å². The standard InChI is InChI=1S/C26H28F2/c1-3-4-20-11-15-23(16-12-20)25(27)26(28)24-17-13-22(14-18-24)10-9-21-7-5-19(2)6-8-21/h5-8,13-14,17-18,20,23H,3-4,11-12,15-16H2,1-2H3/b26-25+/t20-,23-. The Labute approximate surface area is 167 Å². The molecule has 2 heteroatoms. The molecule has 146 valence electrons. The first kappa shape index (κ1) is 20.3. The molecule has 0 atom stereocenters. The quantitative estimate of drug-likeness (QED) is 0.480. The van der Waals surface area contributed by atoms with Crippen LogP contribution in [-0.4, -0.2) is 0 Å². The molecule has 0 radical (unpaired) electrons. The highest BCUT2D eigenvalue weighted by Crippen LogP contribution is 2.38. The Kier molecular flexibility index (Phi) is 7.04. The van der Waals surface area contributed by atoms with Crippen molar-refractivity contribution in [2.24, 2.45) is 11.8 Å². The van der Waals surface area contributed by atoms with Gasteiger partial charge in [0.05, 0.1) is 0 Å². The van der Waals surface area contributed by atoms with Gasteiger partial charge in [-0.2, -0.15) is 0 Å². The van der Waals surface area contributed by atoms with Crippen molar-refractivity contribution in [3.05, 3.63) is 76.6 Å². The average molecular weight is 379 g/mol. The van der Waals surface area contributed by atoms with Crippen molar-refractivity contribution in [1.82, 2.24) is 0 Å². The van der Waals surface area contributed by atoms with Crippen molar-refractivity contribution in [3.8, 4) is 11.8 Å². The minimum Gasteiger partial charge on any atom is -0.208 e. The van der Waals surface area contributed by atoms with Gasteiger partial charge in [0.1, 0.15) is 5.83 Å². The molecule has 1 aliphatic rings. The van der Waals surface area contributed by atoms with Gasteiger partial charge >= 0.3 is 0 Å². The van der Waals surface area contributed by atoms with Crippen LogP contribution in [-0.2, 0) is 0 Å². The fourth-order valence-electron chi connectivity index (χ4n) is 3.91. The number of rotatable bonds is 4. The van der Waals surface area contributed by atoms with E-state index in [0.29, 0.717) is 11.5 Å². The third kappa shape index (κ3) is 5.32. The Morgan fingerprint density at radius 2 is 1.39 bits per heavy atom. The molecule has 2 aromatic carbocycles. The molecule has 0 heterocycles. The molecule has 0 saturated heterocycles. The molecule has 1 aliphatic carbocycles. The van der Waals surface area contributed by atoms with Crippen molar-refractivity contribution in [2.45, 2.75) is 52.4 Å². The Morgan fingerprint density at radius 3 is 1.93 bits per heavy atom. The van der Waals surface area contributed by atoms with Gasteiger partial charge in [-0.1, -0.05) is 61.4 Å². The van der Waals surface area contributed by atoms with Crippen molar-refractivity contribution >= 4 is 5.83 Å². The van der Waals surface area contributed by atoms with Crippen LogP contribution < -0.4 is 0 Å². The van der Waals surface area contributed by atoms with Crippen LogP contribution in [0.5, 0.6) is 0 Å². The molecule has 28 heavy (non-hydrogen) atoms. The van der Waals surface area contributed by atoms with Gasteiger partial charge in [0.15, 0.2) is 5.83 Å². The maximum atomic E-state index is 14.7. The molecule has 0 unspecified atom stereocenters. The molecular formula is C26H28F2. The van der Waals surface area contributed by atoms with Gasteiger partial charge in [0.25, 0.3) is 0 Å².